The van der Waals surface area contributed by atoms with E-state index >= 15 is 0 Å². The van der Waals surface area contributed by atoms with Crippen LogP contribution < -0.4 is 5.32 Å². The molecule has 1 N–H and O–H groups in total. The summed E-state index contributed by atoms with van der Waals surface area (Å²) >= 11 is 0. The third-order valence-corrected chi connectivity index (χ3v) is 4.13. The molecule has 1 aliphatic rings. The second-order valence-electron chi connectivity index (χ2n) is 6.13. The summed E-state index contributed by atoms with van der Waals surface area (Å²) < 4.78 is 5.04. The molecule has 0 unspecified atom stereocenters. The van der Waals surface area contributed by atoms with Gasteiger partial charge in [-0.3, -0.25) is 9.69 Å². The molecule has 116 valence electrons. The standard InChI is InChI=1S/C17H26N2O2/c1-13-9-19(10-15-7-5-4-6-8-15)11-16(13)18-17(20)14(2)12-21-3/h4-8,13-14,16H,9-12H2,1-3H3,(H,18,20)/t13-,14+,16-/m1/s1. The Morgan fingerprint density at radius 3 is 2.76 bits per heavy atom. The fourth-order valence-corrected chi connectivity index (χ4v) is 2.88. The summed E-state index contributed by atoms with van der Waals surface area (Å²) in [6, 6.07) is 10.7. The normalized spacial score (nSPS) is 24.0. The second kappa shape index (κ2) is 7.57. The third kappa shape index (κ3) is 4.55. The van der Waals surface area contributed by atoms with Crippen molar-refractivity contribution in [3.05, 3.63) is 35.9 Å². The molecule has 2 rings (SSSR count). The highest BCUT2D eigenvalue weighted by Gasteiger charge is 2.31. The van der Waals surface area contributed by atoms with E-state index in [4.69, 9.17) is 4.74 Å². The van der Waals surface area contributed by atoms with Crippen LogP contribution in [0, 0.1) is 11.8 Å². The van der Waals surface area contributed by atoms with Crippen LogP contribution in [-0.4, -0.2) is 43.7 Å². The molecule has 21 heavy (non-hydrogen) atoms. The lowest BCUT2D eigenvalue weighted by Gasteiger charge is -2.19. The van der Waals surface area contributed by atoms with Crippen LogP contribution in [0.4, 0.5) is 0 Å². The molecular formula is C17H26N2O2. The third-order valence-electron chi connectivity index (χ3n) is 4.13. The van der Waals surface area contributed by atoms with Crippen molar-refractivity contribution in [3.8, 4) is 0 Å². The maximum absolute atomic E-state index is 12.1. The van der Waals surface area contributed by atoms with E-state index in [0.717, 1.165) is 19.6 Å². The number of benzene rings is 1. The first kappa shape index (κ1) is 16.0. The zero-order valence-corrected chi connectivity index (χ0v) is 13.2. The molecule has 1 aliphatic heterocycles. The van der Waals surface area contributed by atoms with E-state index in [1.54, 1.807) is 7.11 Å². The van der Waals surface area contributed by atoms with Gasteiger partial charge < -0.3 is 10.1 Å². The minimum Gasteiger partial charge on any atom is -0.384 e. The molecular weight excluding hydrogens is 264 g/mol. The number of amides is 1. The van der Waals surface area contributed by atoms with Crippen LogP contribution in [0.1, 0.15) is 19.4 Å². The van der Waals surface area contributed by atoms with Gasteiger partial charge in [0.1, 0.15) is 0 Å². The largest absolute Gasteiger partial charge is 0.384 e. The van der Waals surface area contributed by atoms with Gasteiger partial charge >= 0.3 is 0 Å². The van der Waals surface area contributed by atoms with Crippen LogP contribution in [0.5, 0.6) is 0 Å². The average molecular weight is 290 g/mol. The van der Waals surface area contributed by atoms with Gasteiger partial charge in [0.15, 0.2) is 0 Å². The van der Waals surface area contributed by atoms with Gasteiger partial charge in [-0.25, -0.2) is 0 Å². The first-order valence-corrected chi connectivity index (χ1v) is 7.65. The van der Waals surface area contributed by atoms with Gasteiger partial charge in [0.2, 0.25) is 5.91 Å². The van der Waals surface area contributed by atoms with Gasteiger partial charge in [-0.1, -0.05) is 44.2 Å². The monoisotopic (exact) mass is 290 g/mol. The number of methoxy groups -OCH3 is 1. The summed E-state index contributed by atoms with van der Waals surface area (Å²) in [5.41, 5.74) is 1.32. The quantitative estimate of drug-likeness (QED) is 0.870. The Balaban J connectivity index is 1.85. The molecule has 4 nitrogen and oxygen atoms in total. The highest BCUT2D eigenvalue weighted by Crippen LogP contribution is 2.19. The zero-order valence-electron chi connectivity index (χ0n) is 13.2. The topological polar surface area (TPSA) is 41.6 Å². The number of ether oxygens (including phenoxy) is 1. The lowest BCUT2D eigenvalue weighted by atomic mass is 10.1. The van der Waals surface area contributed by atoms with Crippen molar-refractivity contribution in [1.29, 1.82) is 0 Å². The number of likely N-dealkylation sites (tertiary alicyclic amines) is 1. The van der Waals surface area contributed by atoms with Crippen LogP contribution in [0.25, 0.3) is 0 Å². The fraction of sp³-hybridized carbons (Fsp3) is 0.588. The van der Waals surface area contributed by atoms with Gasteiger partial charge in [0.25, 0.3) is 0 Å². The number of nitrogens with zero attached hydrogens (tertiary/aromatic N) is 1. The minimum atomic E-state index is -0.0922. The van der Waals surface area contributed by atoms with E-state index in [0.29, 0.717) is 12.5 Å². The predicted molar refractivity (Wildman–Crippen MR) is 83.9 cm³/mol. The number of hydrogen-bond donors (Lipinski definition) is 1. The van der Waals surface area contributed by atoms with Crippen molar-refractivity contribution in [3.63, 3.8) is 0 Å². The second-order valence-corrected chi connectivity index (χ2v) is 6.13. The first-order valence-electron chi connectivity index (χ1n) is 7.65. The Morgan fingerprint density at radius 1 is 1.38 bits per heavy atom. The molecule has 0 saturated carbocycles. The van der Waals surface area contributed by atoms with Crippen molar-refractivity contribution in [1.82, 2.24) is 10.2 Å². The molecule has 1 aromatic carbocycles. The van der Waals surface area contributed by atoms with E-state index in [2.05, 4.69) is 41.4 Å². The first-order chi connectivity index (χ1) is 10.1. The lowest BCUT2D eigenvalue weighted by Crippen LogP contribution is -2.43. The van der Waals surface area contributed by atoms with E-state index in [1.807, 2.05) is 13.0 Å². The highest BCUT2D eigenvalue weighted by molar-refractivity contribution is 5.78. The Kier molecular flexibility index (Phi) is 5.76. The molecule has 0 aliphatic carbocycles. The fourth-order valence-electron chi connectivity index (χ4n) is 2.88. The molecule has 1 aromatic rings. The molecule has 0 bridgehead atoms. The van der Waals surface area contributed by atoms with Gasteiger partial charge in [0.05, 0.1) is 12.5 Å². The summed E-state index contributed by atoms with van der Waals surface area (Å²) in [5.74, 6) is 0.480. The summed E-state index contributed by atoms with van der Waals surface area (Å²) in [7, 11) is 1.63. The highest BCUT2D eigenvalue weighted by atomic mass is 16.5. The molecule has 1 saturated heterocycles. The van der Waals surface area contributed by atoms with E-state index in [1.165, 1.54) is 5.56 Å². The Morgan fingerprint density at radius 2 is 2.10 bits per heavy atom. The minimum absolute atomic E-state index is 0.0922. The van der Waals surface area contributed by atoms with Crippen LogP contribution in [0.3, 0.4) is 0 Å². The molecule has 4 heteroatoms. The number of hydrogen-bond acceptors (Lipinski definition) is 3. The maximum atomic E-state index is 12.1. The van der Waals surface area contributed by atoms with Crippen LogP contribution in [0.2, 0.25) is 0 Å². The van der Waals surface area contributed by atoms with Gasteiger partial charge in [0, 0.05) is 32.8 Å². The molecule has 1 heterocycles. The van der Waals surface area contributed by atoms with Crippen LogP contribution in [-0.2, 0) is 16.1 Å². The zero-order chi connectivity index (χ0) is 15.2. The number of rotatable bonds is 6. The molecule has 3 atom stereocenters. The van der Waals surface area contributed by atoms with Gasteiger partial charge in [-0.2, -0.15) is 0 Å². The Bertz CT molecular complexity index is 449. The van der Waals surface area contributed by atoms with Crippen LogP contribution in [0.15, 0.2) is 30.3 Å². The molecule has 0 spiro atoms. The number of carbonyl (C=O) groups is 1. The van der Waals surface area contributed by atoms with Gasteiger partial charge in [-0.15, -0.1) is 0 Å². The molecule has 1 amide bonds. The predicted octanol–water partition coefficient (Wildman–Crippen LogP) is 1.91. The Hall–Kier alpha value is -1.39. The number of nitrogens with one attached hydrogen (secondary N) is 1. The van der Waals surface area contributed by atoms with E-state index in [-0.39, 0.29) is 17.9 Å². The lowest BCUT2D eigenvalue weighted by molar-refractivity contribution is -0.126. The van der Waals surface area contributed by atoms with E-state index < -0.39 is 0 Å². The summed E-state index contributed by atoms with van der Waals surface area (Å²) in [4.78, 5) is 14.5. The van der Waals surface area contributed by atoms with Crippen molar-refractivity contribution >= 4 is 5.91 Å². The van der Waals surface area contributed by atoms with E-state index in [9.17, 15) is 4.79 Å². The smallest absolute Gasteiger partial charge is 0.225 e. The number of carbonyl (C=O) groups excluding carboxylic acids is 1. The molecule has 0 aromatic heterocycles. The summed E-state index contributed by atoms with van der Waals surface area (Å²) in [6.07, 6.45) is 0. The van der Waals surface area contributed by atoms with Crippen molar-refractivity contribution in [2.45, 2.75) is 26.4 Å². The maximum Gasteiger partial charge on any atom is 0.225 e. The van der Waals surface area contributed by atoms with Crippen molar-refractivity contribution in [2.75, 3.05) is 26.8 Å². The SMILES string of the molecule is COC[C@H](C)C(=O)N[C@@H]1CN(Cc2ccccc2)C[C@H]1C. The Labute approximate surface area is 127 Å². The summed E-state index contributed by atoms with van der Waals surface area (Å²) in [5, 5.41) is 3.17. The summed E-state index contributed by atoms with van der Waals surface area (Å²) in [6.45, 7) is 7.48. The van der Waals surface area contributed by atoms with Crippen LogP contribution >= 0.6 is 0 Å². The average Bonchev–Trinajstić information content (AvgIpc) is 2.80. The van der Waals surface area contributed by atoms with Crippen molar-refractivity contribution in [2.24, 2.45) is 11.8 Å². The molecule has 0 radical (unpaired) electrons. The van der Waals surface area contributed by atoms with Crippen molar-refractivity contribution < 1.29 is 9.53 Å². The van der Waals surface area contributed by atoms with Gasteiger partial charge in [-0.05, 0) is 11.5 Å². The molecule has 1 fully saturated rings.